The molecule has 6 nitrogen and oxygen atoms in total. The van der Waals surface area contributed by atoms with Gasteiger partial charge in [-0.05, 0) is 37.1 Å². The van der Waals surface area contributed by atoms with Gasteiger partial charge in [-0.25, -0.2) is 4.98 Å². The van der Waals surface area contributed by atoms with Crippen molar-refractivity contribution in [2.75, 3.05) is 27.3 Å². The van der Waals surface area contributed by atoms with Crippen molar-refractivity contribution in [2.24, 2.45) is 0 Å². The number of nitrogens with zero attached hydrogens (tertiary/aromatic N) is 2. The standard InChI is InChI=1S/C16H22N4O2/c1-21-13-6-5-11(8-14(13)22-2)9-15-18-16(20-19-15)12-4-3-7-17-10-12/h5-6,8,12,17H,3-4,7,9-10H2,1-2H3,(H,18,19,20). The number of methoxy groups -OCH3 is 2. The lowest BCUT2D eigenvalue weighted by Gasteiger charge is -2.19. The number of hydrogen-bond donors (Lipinski definition) is 2. The average Bonchev–Trinajstić information content (AvgIpc) is 3.04. The molecule has 6 heteroatoms. The second-order valence-electron chi connectivity index (χ2n) is 5.55. The van der Waals surface area contributed by atoms with Gasteiger partial charge in [0.15, 0.2) is 17.3 Å². The molecule has 1 aliphatic rings. The molecule has 2 heterocycles. The zero-order valence-corrected chi connectivity index (χ0v) is 13.1. The highest BCUT2D eigenvalue weighted by Gasteiger charge is 2.19. The summed E-state index contributed by atoms with van der Waals surface area (Å²) in [5, 5.41) is 10.8. The van der Waals surface area contributed by atoms with Crippen molar-refractivity contribution in [3.8, 4) is 11.5 Å². The lowest BCUT2D eigenvalue weighted by molar-refractivity contribution is 0.354. The van der Waals surface area contributed by atoms with Gasteiger partial charge in [0.1, 0.15) is 5.82 Å². The van der Waals surface area contributed by atoms with Gasteiger partial charge in [-0.2, -0.15) is 5.10 Å². The van der Waals surface area contributed by atoms with E-state index in [0.29, 0.717) is 12.3 Å². The van der Waals surface area contributed by atoms with E-state index in [2.05, 4.69) is 20.5 Å². The molecule has 3 rings (SSSR count). The van der Waals surface area contributed by atoms with E-state index < -0.39 is 0 Å². The Balaban J connectivity index is 1.72. The monoisotopic (exact) mass is 302 g/mol. The fourth-order valence-corrected chi connectivity index (χ4v) is 2.83. The SMILES string of the molecule is COc1ccc(Cc2nc(C3CCCNC3)n[nH]2)cc1OC. The first-order chi connectivity index (χ1) is 10.8. The first-order valence-corrected chi connectivity index (χ1v) is 7.63. The Morgan fingerprint density at radius 1 is 1.23 bits per heavy atom. The fraction of sp³-hybridized carbons (Fsp3) is 0.500. The molecule has 0 bridgehead atoms. The van der Waals surface area contributed by atoms with Gasteiger partial charge < -0.3 is 14.8 Å². The topological polar surface area (TPSA) is 72.1 Å². The molecule has 22 heavy (non-hydrogen) atoms. The lowest BCUT2D eigenvalue weighted by Crippen LogP contribution is -2.28. The molecule has 0 radical (unpaired) electrons. The molecule has 0 aliphatic carbocycles. The number of benzene rings is 1. The summed E-state index contributed by atoms with van der Waals surface area (Å²) < 4.78 is 10.6. The Morgan fingerprint density at radius 2 is 2.09 bits per heavy atom. The van der Waals surface area contributed by atoms with Gasteiger partial charge in [0, 0.05) is 18.9 Å². The molecule has 1 saturated heterocycles. The van der Waals surface area contributed by atoms with Crippen LogP contribution in [0.2, 0.25) is 0 Å². The summed E-state index contributed by atoms with van der Waals surface area (Å²) in [6.07, 6.45) is 3.04. The normalized spacial score (nSPS) is 18.2. The molecule has 1 atom stereocenters. The molecule has 1 aromatic carbocycles. The Kier molecular flexibility index (Phi) is 4.58. The molecular formula is C16H22N4O2. The van der Waals surface area contributed by atoms with Gasteiger partial charge >= 0.3 is 0 Å². The van der Waals surface area contributed by atoms with Gasteiger partial charge in [0.25, 0.3) is 0 Å². The summed E-state index contributed by atoms with van der Waals surface area (Å²) in [4.78, 5) is 4.65. The molecule has 0 spiro atoms. The second-order valence-corrected chi connectivity index (χ2v) is 5.55. The van der Waals surface area contributed by atoms with Crippen LogP contribution in [0.1, 0.15) is 36.0 Å². The van der Waals surface area contributed by atoms with Gasteiger partial charge in [-0.1, -0.05) is 6.07 Å². The number of H-pyrrole nitrogens is 1. The average molecular weight is 302 g/mol. The number of aromatic nitrogens is 3. The minimum Gasteiger partial charge on any atom is -0.493 e. The van der Waals surface area contributed by atoms with Crippen LogP contribution < -0.4 is 14.8 Å². The molecule has 2 aromatic rings. The molecule has 0 amide bonds. The molecule has 1 aliphatic heterocycles. The maximum atomic E-state index is 5.34. The van der Waals surface area contributed by atoms with Gasteiger partial charge in [0.2, 0.25) is 0 Å². The number of rotatable bonds is 5. The highest BCUT2D eigenvalue weighted by Crippen LogP contribution is 2.28. The fourth-order valence-electron chi connectivity index (χ4n) is 2.83. The highest BCUT2D eigenvalue weighted by molar-refractivity contribution is 5.43. The molecule has 1 unspecified atom stereocenters. The van der Waals surface area contributed by atoms with Crippen LogP contribution >= 0.6 is 0 Å². The molecular weight excluding hydrogens is 280 g/mol. The number of hydrogen-bond acceptors (Lipinski definition) is 5. The van der Waals surface area contributed by atoms with Crippen molar-refractivity contribution >= 4 is 0 Å². The largest absolute Gasteiger partial charge is 0.493 e. The van der Waals surface area contributed by atoms with Gasteiger partial charge in [-0.15, -0.1) is 0 Å². The minimum absolute atomic E-state index is 0.421. The van der Waals surface area contributed by atoms with E-state index in [1.54, 1.807) is 14.2 Å². The Morgan fingerprint density at radius 3 is 2.82 bits per heavy atom. The summed E-state index contributed by atoms with van der Waals surface area (Å²) in [5.41, 5.74) is 1.11. The molecule has 118 valence electrons. The van der Waals surface area contributed by atoms with Crippen molar-refractivity contribution in [1.29, 1.82) is 0 Å². The lowest BCUT2D eigenvalue weighted by atomic mass is 9.99. The maximum Gasteiger partial charge on any atom is 0.161 e. The van der Waals surface area contributed by atoms with E-state index >= 15 is 0 Å². The van der Waals surface area contributed by atoms with Crippen molar-refractivity contribution in [2.45, 2.75) is 25.2 Å². The number of nitrogens with one attached hydrogen (secondary N) is 2. The second kappa shape index (κ2) is 6.79. The van der Waals surface area contributed by atoms with Crippen LogP contribution in [0.3, 0.4) is 0 Å². The van der Waals surface area contributed by atoms with E-state index in [1.807, 2.05) is 18.2 Å². The van der Waals surface area contributed by atoms with E-state index in [-0.39, 0.29) is 0 Å². The van der Waals surface area contributed by atoms with Crippen LogP contribution in [0.25, 0.3) is 0 Å². The Hall–Kier alpha value is -2.08. The first kappa shape index (κ1) is 14.8. The van der Waals surface area contributed by atoms with Crippen LogP contribution in [0.5, 0.6) is 11.5 Å². The van der Waals surface area contributed by atoms with Crippen LogP contribution in [0.15, 0.2) is 18.2 Å². The smallest absolute Gasteiger partial charge is 0.161 e. The summed E-state index contributed by atoms with van der Waals surface area (Å²) in [6.45, 7) is 2.06. The van der Waals surface area contributed by atoms with Crippen molar-refractivity contribution in [3.63, 3.8) is 0 Å². The molecule has 1 aromatic heterocycles. The number of ether oxygens (including phenoxy) is 2. The third-order valence-corrected chi connectivity index (χ3v) is 4.03. The Labute approximate surface area is 130 Å². The molecule has 0 saturated carbocycles. The van der Waals surface area contributed by atoms with Crippen LogP contribution in [0.4, 0.5) is 0 Å². The third kappa shape index (κ3) is 3.22. The summed E-state index contributed by atoms with van der Waals surface area (Å²) >= 11 is 0. The van der Waals surface area contributed by atoms with Crippen molar-refractivity contribution in [1.82, 2.24) is 20.5 Å². The summed E-state index contributed by atoms with van der Waals surface area (Å²) in [7, 11) is 3.28. The first-order valence-electron chi connectivity index (χ1n) is 7.63. The molecule has 2 N–H and O–H groups in total. The highest BCUT2D eigenvalue weighted by atomic mass is 16.5. The zero-order valence-electron chi connectivity index (χ0n) is 13.1. The van der Waals surface area contributed by atoms with Crippen molar-refractivity contribution in [3.05, 3.63) is 35.4 Å². The summed E-state index contributed by atoms with van der Waals surface area (Å²) in [6, 6.07) is 5.91. The minimum atomic E-state index is 0.421. The summed E-state index contributed by atoms with van der Waals surface area (Å²) in [5.74, 6) is 3.69. The third-order valence-electron chi connectivity index (χ3n) is 4.03. The van der Waals surface area contributed by atoms with E-state index in [9.17, 15) is 0 Å². The van der Waals surface area contributed by atoms with Gasteiger partial charge in [0.05, 0.1) is 14.2 Å². The quantitative estimate of drug-likeness (QED) is 0.882. The van der Waals surface area contributed by atoms with Crippen LogP contribution in [0, 0.1) is 0 Å². The number of piperidine rings is 1. The predicted octanol–water partition coefficient (Wildman–Crippen LogP) is 1.88. The Bertz CT molecular complexity index is 620. The zero-order chi connectivity index (χ0) is 15.4. The van der Waals surface area contributed by atoms with Crippen molar-refractivity contribution < 1.29 is 9.47 Å². The van der Waals surface area contributed by atoms with Gasteiger partial charge in [-0.3, -0.25) is 5.10 Å². The maximum absolute atomic E-state index is 5.34. The van der Waals surface area contributed by atoms with Crippen LogP contribution in [-0.4, -0.2) is 42.5 Å². The predicted molar refractivity (Wildman–Crippen MR) is 83.6 cm³/mol. The van der Waals surface area contributed by atoms with Crippen LogP contribution in [-0.2, 0) is 6.42 Å². The van der Waals surface area contributed by atoms with E-state index in [4.69, 9.17) is 9.47 Å². The van der Waals surface area contributed by atoms with E-state index in [1.165, 1.54) is 6.42 Å². The number of aromatic amines is 1. The molecule has 1 fully saturated rings. The van der Waals surface area contributed by atoms with E-state index in [0.717, 1.165) is 48.2 Å².